The van der Waals surface area contributed by atoms with E-state index in [2.05, 4.69) is 41.8 Å². The highest BCUT2D eigenvalue weighted by Gasteiger charge is 2.33. The molecule has 2 aromatic heterocycles. The number of nitrogens with zero attached hydrogens (tertiary/aromatic N) is 5. The van der Waals surface area contributed by atoms with Gasteiger partial charge in [0.1, 0.15) is 5.52 Å². The number of fused-ring (bicyclic) bond motifs is 1. The molecule has 3 atom stereocenters. The van der Waals surface area contributed by atoms with Crippen LogP contribution in [0.2, 0.25) is 0 Å². The number of alkyl halides is 3. The lowest BCUT2D eigenvalue weighted by atomic mass is 9.80. The molecule has 0 bridgehead atoms. The summed E-state index contributed by atoms with van der Waals surface area (Å²) < 4.78 is 41.9. The summed E-state index contributed by atoms with van der Waals surface area (Å²) in [5, 5.41) is 6.25. The second kappa shape index (κ2) is 11.2. The number of amides is 1. The highest BCUT2D eigenvalue weighted by molar-refractivity contribution is 5.86. The van der Waals surface area contributed by atoms with Gasteiger partial charge in [-0.05, 0) is 68.1 Å². The molecule has 1 saturated carbocycles. The summed E-state index contributed by atoms with van der Waals surface area (Å²) in [5.74, 6) is 3.20. The molecule has 3 aromatic rings. The lowest BCUT2D eigenvalue weighted by molar-refractivity contribution is -0.137. The first-order chi connectivity index (χ1) is 20.0. The van der Waals surface area contributed by atoms with E-state index in [4.69, 9.17) is 19.8 Å². The van der Waals surface area contributed by atoms with E-state index in [1.54, 1.807) is 0 Å². The molecule has 13 heteroatoms. The highest BCUT2D eigenvalue weighted by atomic mass is 19.4. The summed E-state index contributed by atoms with van der Waals surface area (Å²) in [6.45, 7) is 8.53. The maximum atomic E-state index is 13.3. The minimum absolute atomic E-state index is 0.132. The Morgan fingerprint density at radius 1 is 1.10 bits per heavy atom. The second-order valence-electron chi connectivity index (χ2n) is 12.2. The highest BCUT2D eigenvalue weighted by Crippen LogP contribution is 2.36. The molecule has 6 rings (SSSR count). The Balaban J connectivity index is 1.44. The van der Waals surface area contributed by atoms with Gasteiger partial charge in [0.05, 0.1) is 12.1 Å². The molecule has 3 N–H and O–H groups in total. The molecule has 1 aliphatic carbocycles. The van der Waals surface area contributed by atoms with Crippen LogP contribution in [0.15, 0.2) is 24.3 Å². The molecule has 42 heavy (non-hydrogen) atoms. The number of hydrogen-bond acceptors (Lipinski definition) is 8. The first kappa shape index (κ1) is 28.5. The van der Waals surface area contributed by atoms with Gasteiger partial charge in [-0.1, -0.05) is 32.4 Å². The fourth-order valence-corrected chi connectivity index (χ4v) is 6.20. The van der Waals surface area contributed by atoms with Crippen molar-refractivity contribution in [1.29, 1.82) is 0 Å². The zero-order chi connectivity index (χ0) is 29.6. The van der Waals surface area contributed by atoms with Crippen LogP contribution in [0.1, 0.15) is 76.0 Å². The summed E-state index contributed by atoms with van der Waals surface area (Å²) >= 11 is 0. The van der Waals surface area contributed by atoms with Gasteiger partial charge in [-0.2, -0.15) is 18.2 Å². The van der Waals surface area contributed by atoms with Crippen molar-refractivity contribution in [3.8, 4) is 0 Å². The van der Waals surface area contributed by atoms with Crippen molar-refractivity contribution in [3.63, 3.8) is 0 Å². The maximum absolute atomic E-state index is 13.3. The molecule has 0 spiro atoms. The van der Waals surface area contributed by atoms with Crippen molar-refractivity contribution in [1.82, 2.24) is 30.3 Å². The number of carbonyl (C=O) groups is 1. The zero-order valence-corrected chi connectivity index (χ0v) is 24.0. The van der Waals surface area contributed by atoms with Crippen LogP contribution >= 0.6 is 0 Å². The van der Waals surface area contributed by atoms with E-state index in [-0.39, 0.29) is 6.04 Å². The van der Waals surface area contributed by atoms with Gasteiger partial charge in [0.2, 0.25) is 5.95 Å². The van der Waals surface area contributed by atoms with Crippen LogP contribution in [0.5, 0.6) is 0 Å². The Bertz CT molecular complexity index is 1440. The van der Waals surface area contributed by atoms with Gasteiger partial charge in [-0.25, -0.2) is 14.8 Å². The first-order valence-electron chi connectivity index (χ1n) is 14.7. The second-order valence-corrected chi connectivity index (χ2v) is 12.2. The summed E-state index contributed by atoms with van der Waals surface area (Å²) in [7, 11) is 0. The number of hydrogen-bond donors (Lipinski definition) is 3. The minimum atomic E-state index is -4.40. The van der Waals surface area contributed by atoms with Crippen LogP contribution in [-0.2, 0) is 17.6 Å². The fourth-order valence-electron chi connectivity index (χ4n) is 6.20. The third-order valence-corrected chi connectivity index (χ3v) is 8.61. The third-order valence-electron chi connectivity index (χ3n) is 8.61. The van der Waals surface area contributed by atoms with Crippen LogP contribution in [-0.4, -0.2) is 44.7 Å². The largest absolute Gasteiger partial charge is 0.427 e. The quantitative estimate of drug-likeness (QED) is 0.297. The summed E-state index contributed by atoms with van der Waals surface area (Å²) in [6, 6.07) is 5.39. The Morgan fingerprint density at radius 2 is 1.86 bits per heavy atom. The molecule has 3 fully saturated rings. The van der Waals surface area contributed by atoms with E-state index in [1.165, 1.54) is 18.6 Å². The summed E-state index contributed by atoms with van der Waals surface area (Å²) in [6.07, 6.45) is -0.169. The average molecular weight is 587 g/mol. The lowest BCUT2D eigenvalue weighted by Gasteiger charge is -2.32. The Labute approximate surface area is 242 Å². The SMILES string of the molecule is CC(C)CC1CCN(c2nc3nc(C4NOC(=O)N4)nc(N[C@H](C)C4CCC4)c3n2Cc2ccc(C(F)(F)F)cc2)C1. The average Bonchev–Trinajstić information content (AvgIpc) is 3.61. The smallest absolute Gasteiger partial charge is 0.365 e. The number of hydroxylamine groups is 1. The molecule has 4 heterocycles. The third kappa shape index (κ3) is 5.83. The molecule has 10 nitrogen and oxygen atoms in total. The normalized spacial score (nSPS) is 22.0. The Morgan fingerprint density at radius 3 is 2.48 bits per heavy atom. The molecule has 2 aliphatic heterocycles. The maximum Gasteiger partial charge on any atom is 0.427 e. The molecule has 0 radical (unpaired) electrons. The number of rotatable bonds is 9. The van der Waals surface area contributed by atoms with Gasteiger partial charge < -0.3 is 19.6 Å². The van der Waals surface area contributed by atoms with E-state index in [0.717, 1.165) is 50.9 Å². The molecule has 1 aromatic carbocycles. The van der Waals surface area contributed by atoms with Crippen molar-refractivity contribution in [2.45, 2.75) is 77.8 Å². The fraction of sp³-hybridized carbons (Fsp3) is 0.586. The topological polar surface area (TPSA) is 109 Å². The van der Waals surface area contributed by atoms with E-state index in [0.29, 0.717) is 58.6 Å². The van der Waals surface area contributed by atoms with E-state index in [9.17, 15) is 18.0 Å². The van der Waals surface area contributed by atoms with Crippen molar-refractivity contribution in [3.05, 3.63) is 41.2 Å². The number of halogens is 3. The van der Waals surface area contributed by atoms with Crippen LogP contribution < -0.4 is 21.0 Å². The van der Waals surface area contributed by atoms with Crippen LogP contribution in [0, 0.1) is 17.8 Å². The number of nitrogens with one attached hydrogen (secondary N) is 3. The number of benzene rings is 1. The van der Waals surface area contributed by atoms with Gasteiger partial charge in [0.15, 0.2) is 23.5 Å². The van der Waals surface area contributed by atoms with Crippen LogP contribution in [0.4, 0.5) is 29.7 Å². The Hall–Kier alpha value is -3.61. The molecule has 3 aliphatic rings. The molecular formula is C29H37F3N8O2. The van der Waals surface area contributed by atoms with E-state index in [1.807, 2.05) is 4.57 Å². The van der Waals surface area contributed by atoms with Crippen molar-refractivity contribution >= 4 is 29.0 Å². The Kier molecular flexibility index (Phi) is 7.62. The predicted octanol–water partition coefficient (Wildman–Crippen LogP) is 5.61. The first-order valence-corrected chi connectivity index (χ1v) is 14.7. The van der Waals surface area contributed by atoms with Gasteiger partial charge in [0.25, 0.3) is 0 Å². The van der Waals surface area contributed by atoms with Crippen molar-refractivity contribution < 1.29 is 22.8 Å². The minimum Gasteiger partial charge on any atom is -0.365 e. The van der Waals surface area contributed by atoms with E-state index < -0.39 is 24.0 Å². The van der Waals surface area contributed by atoms with Crippen molar-refractivity contribution in [2.24, 2.45) is 17.8 Å². The van der Waals surface area contributed by atoms with Gasteiger partial charge in [-0.3, -0.25) is 5.32 Å². The number of imidazole rings is 1. The van der Waals surface area contributed by atoms with Gasteiger partial charge in [0, 0.05) is 19.1 Å². The monoisotopic (exact) mass is 586 g/mol. The number of aromatic nitrogens is 4. The van der Waals surface area contributed by atoms with Gasteiger partial charge >= 0.3 is 12.3 Å². The van der Waals surface area contributed by atoms with Crippen LogP contribution in [0.25, 0.3) is 11.2 Å². The summed E-state index contributed by atoms with van der Waals surface area (Å²) in [4.78, 5) is 33.4. The molecule has 226 valence electrons. The molecular weight excluding hydrogens is 549 g/mol. The number of anilines is 2. The standard InChI is InChI=1S/C29H37F3N8O2/c1-16(2)13-19-11-12-39(14-19)27-36-24-22(40(27)15-18-7-9-21(10-8-18)29(30,31)32)23(33-17(3)20-5-4-6-20)34-25(35-24)26-37-28(41)42-38-26/h7-10,16-17,19-20,26,38H,4-6,11-15H2,1-3H3,(H,37,41)(H,33,34,35)/t17-,19?,26?/m1/s1. The zero-order valence-electron chi connectivity index (χ0n) is 24.0. The van der Waals surface area contributed by atoms with Gasteiger partial charge in [-0.15, -0.1) is 5.48 Å². The molecule has 2 unspecified atom stereocenters. The molecule has 1 amide bonds. The molecule has 2 saturated heterocycles. The van der Waals surface area contributed by atoms with Crippen molar-refractivity contribution in [2.75, 3.05) is 23.3 Å². The lowest BCUT2D eigenvalue weighted by Crippen LogP contribution is -2.32. The summed E-state index contributed by atoms with van der Waals surface area (Å²) in [5.41, 5.74) is 3.77. The van der Waals surface area contributed by atoms with E-state index >= 15 is 0 Å². The predicted molar refractivity (Wildman–Crippen MR) is 152 cm³/mol. The van der Waals surface area contributed by atoms with Crippen LogP contribution in [0.3, 0.4) is 0 Å². The number of carbonyl (C=O) groups excluding carboxylic acids is 1.